The lowest BCUT2D eigenvalue weighted by atomic mass is 10.1. The number of hydrogen-bond acceptors (Lipinski definition) is 5. The van der Waals surface area contributed by atoms with E-state index >= 15 is 0 Å². The number of amides is 1. The quantitative estimate of drug-likeness (QED) is 0.659. The first-order valence-electron chi connectivity index (χ1n) is 10.9. The van der Waals surface area contributed by atoms with E-state index in [0.29, 0.717) is 39.3 Å². The van der Waals surface area contributed by atoms with Gasteiger partial charge in [0.25, 0.3) is 5.91 Å². The Balaban J connectivity index is 1.50. The van der Waals surface area contributed by atoms with Crippen LogP contribution in [-0.2, 0) is 10.0 Å². The minimum atomic E-state index is -3.64. The SMILES string of the molecule is COc1ccccc1N1CCN(C(=O)c2cc(S(=O)(=O)N3CCCCC3)ccc2Cl)CC1. The van der Waals surface area contributed by atoms with Crippen molar-refractivity contribution < 1.29 is 17.9 Å². The first-order chi connectivity index (χ1) is 15.4. The number of sulfonamides is 1. The van der Waals surface area contributed by atoms with Crippen molar-refractivity contribution in [2.45, 2.75) is 24.2 Å². The Morgan fingerprint density at radius 1 is 0.938 bits per heavy atom. The molecule has 32 heavy (non-hydrogen) atoms. The third kappa shape index (κ3) is 4.58. The molecular weight excluding hydrogens is 450 g/mol. The maximum absolute atomic E-state index is 13.2. The summed E-state index contributed by atoms with van der Waals surface area (Å²) in [5.74, 6) is 0.552. The molecule has 2 aliphatic rings. The number of hydrogen-bond donors (Lipinski definition) is 0. The molecule has 0 radical (unpaired) electrons. The molecule has 2 fully saturated rings. The molecule has 4 rings (SSSR count). The number of rotatable bonds is 5. The van der Waals surface area contributed by atoms with Crippen molar-refractivity contribution in [3.63, 3.8) is 0 Å². The minimum Gasteiger partial charge on any atom is -0.495 e. The molecule has 0 aliphatic carbocycles. The van der Waals surface area contributed by atoms with Gasteiger partial charge in [0.05, 0.1) is 28.3 Å². The van der Waals surface area contributed by atoms with E-state index in [1.807, 2.05) is 24.3 Å². The lowest BCUT2D eigenvalue weighted by Gasteiger charge is -2.36. The Morgan fingerprint density at radius 3 is 2.31 bits per heavy atom. The maximum atomic E-state index is 13.2. The van der Waals surface area contributed by atoms with Gasteiger partial charge in [-0.05, 0) is 43.2 Å². The van der Waals surface area contributed by atoms with Crippen LogP contribution in [0.4, 0.5) is 5.69 Å². The van der Waals surface area contributed by atoms with Crippen molar-refractivity contribution in [1.29, 1.82) is 0 Å². The second-order valence-electron chi connectivity index (χ2n) is 8.06. The van der Waals surface area contributed by atoms with Crippen LogP contribution in [0.1, 0.15) is 29.6 Å². The van der Waals surface area contributed by atoms with Crippen LogP contribution >= 0.6 is 11.6 Å². The number of carbonyl (C=O) groups is 1. The minimum absolute atomic E-state index is 0.125. The standard InChI is InChI=1S/C23H28ClN3O4S/c1-31-22-8-4-3-7-21(22)25-13-15-26(16-14-25)23(28)19-17-18(9-10-20(19)24)32(29,30)27-11-5-2-6-12-27/h3-4,7-10,17H,2,5-6,11-16H2,1H3. The highest BCUT2D eigenvalue weighted by Crippen LogP contribution is 2.30. The fraction of sp³-hybridized carbons (Fsp3) is 0.435. The predicted molar refractivity (Wildman–Crippen MR) is 125 cm³/mol. The number of para-hydroxylation sites is 2. The van der Waals surface area contributed by atoms with Gasteiger partial charge >= 0.3 is 0 Å². The van der Waals surface area contributed by atoms with E-state index in [9.17, 15) is 13.2 Å². The summed E-state index contributed by atoms with van der Waals surface area (Å²) in [4.78, 5) is 17.3. The highest BCUT2D eigenvalue weighted by Gasteiger charge is 2.29. The second-order valence-corrected chi connectivity index (χ2v) is 10.4. The molecule has 0 N–H and O–H groups in total. The van der Waals surface area contributed by atoms with Crippen molar-refractivity contribution in [2.75, 3.05) is 51.3 Å². The number of carbonyl (C=O) groups excluding carboxylic acids is 1. The normalized spacial score (nSPS) is 17.9. The Labute approximate surface area is 194 Å². The topological polar surface area (TPSA) is 70.2 Å². The number of piperidine rings is 1. The smallest absolute Gasteiger partial charge is 0.255 e. The Kier molecular flexibility index (Phi) is 6.93. The molecule has 2 aliphatic heterocycles. The van der Waals surface area contributed by atoms with Crippen LogP contribution in [0.2, 0.25) is 5.02 Å². The van der Waals surface area contributed by atoms with Gasteiger partial charge in [0.15, 0.2) is 0 Å². The zero-order valence-electron chi connectivity index (χ0n) is 18.2. The molecule has 2 aromatic carbocycles. The fourth-order valence-electron chi connectivity index (χ4n) is 4.29. The molecule has 0 unspecified atom stereocenters. The average Bonchev–Trinajstić information content (AvgIpc) is 2.84. The van der Waals surface area contributed by atoms with Crippen LogP contribution in [0, 0.1) is 0 Å². The molecule has 0 bridgehead atoms. The van der Waals surface area contributed by atoms with Crippen LogP contribution < -0.4 is 9.64 Å². The molecule has 9 heteroatoms. The van der Waals surface area contributed by atoms with Crippen molar-refractivity contribution >= 4 is 33.2 Å². The Morgan fingerprint density at radius 2 is 1.62 bits per heavy atom. The van der Waals surface area contributed by atoms with Crippen LogP contribution in [0.25, 0.3) is 0 Å². The zero-order chi connectivity index (χ0) is 22.7. The number of piperazine rings is 1. The van der Waals surface area contributed by atoms with E-state index in [0.717, 1.165) is 30.7 Å². The van der Waals surface area contributed by atoms with E-state index in [4.69, 9.17) is 16.3 Å². The highest BCUT2D eigenvalue weighted by molar-refractivity contribution is 7.89. The van der Waals surface area contributed by atoms with Crippen LogP contribution in [0.15, 0.2) is 47.4 Å². The van der Waals surface area contributed by atoms with E-state index in [1.165, 1.54) is 22.5 Å². The molecule has 0 spiro atoms. The number of nitrogens with zero attached hydrogens (tertiary/aromatic N) is 3. The van der Waals surface area contributed by atoms with Gasteiger partial charge < -0.3 is 14.5 Å². The van der Waals surface area contributed by atoms with Gasteiger partial charge in [-0.15, -0.1) is 0 Å². The molecule has 2 heterocycles. The van der Waals surface area contributed by atoms with E-state index in [2.05, 4.69) is 4.90 Å². The second kappa shape index (κ2) is 9.68. The van der Waals surface area contributed by atoms with Crippen molar-refractivity contribution in [3.8, 4) is 5.75 Å². The fourth-order valence-corrected chi connectivity index (χ4v) is 6.04. The molecule has 0 atom stereocenters. The first kappa shape index (κ1) is 22.9. The number of ether oxygens (including phenoxy) is 1. The summed E-state index contributed by atoms with van der Waals surface area (Å²) in [7, 11) is -1.99. The van der Waals surface area contributed by atoms with Gasteiger partial charge in [-0.3, -0.25) is 4.79 Å². The summed E-state index contributed by atoms with van der Waals surface area (Å²) < 4.78 is 33.1. The van der Waals surface area contributed by atoms with Gasteiger partial charge in [0.2, 0.25) is 10.0 Å². The zero-order valence-corrected chi connectivity index (χ0v) is 19.7. The molecule has 7 nitrogen and oxygen atoms in total. The van der Waals surface area contributed by atoms with Crippen LogP contribution in [0.5, 0.6) is 5.75 Å². The molecule has 2 aromatic rings. The third-order valence-electron chi connectivity index (χ3n) is 6.11. The lowest BCUT2D eigenvalue weighted by molar-refractivity contribution is 0.0746. The summed E-state index contributed by atoms with van der Waals surface area (Å²) in [5.41, 5.74) is 1.23. The Hall–Kier alpha value is -2.29. The Bertz CT molecular complexity index is 1080. The van der Waals surface area contributed by atoms with Gasteiger partial charge in [0.1, 0.15) is 5.75 Å². The average molecular weight is 478 g/mol. The molecule has 172 valence electrons. The van der Waals surface area contributed by atoms with Crippen molar-refractivity contribution in [2.24, 2.45) is 0 Å². The maximum Gasteiger partial charge on any atom is 0.255 e. The molecule has 0 saturated carbocycles. The summed E-state index contributed by atoms with van der Waals surface area (Å²) in [5, 5.41) is 0.264. The van der Waals surface area contributed by atoms with Crippen molar-refractivity contribution in [1.82, 2.24) is 9.21 Å². The first-order valence-corrected chi connectivity index (χ1v) is 12.7. The molecule has 1 amide bonds. The van der Waals surface area contributed by atoms with Crippen molar-refractivity contribution in [3.05, 3.63) is 53.1 Å². The van der Waals surface area contributed by atoms with Crippen LogP contribution in [-0.4, -0.2) is 69.9 Å². The number of anilines is 1. The lowest BCUT2D eigenvalue weighted by Crippen LogP contribution is -2.49. The number of methoxy groups -OCH3 is 1. The third-order valence-corrected chi connectivity index (χ3v) is 8.34. The van der Waals surface area contributed by atoms with E-state index in [-0.39, 0.29) is 21.4 Å². The van der Waals surface area contributed by atoms with Gasteiger partial charge in [-0.25, -0.2) is 8.42 Å². The summed E-state index contributed by atoms with van der Waals surface area (Å²) >= 11 is 6.33. The van der Waals surface area contributed by atoms with E-state index in [1.54, 1.807) is 12.0 Å². The van der Waals surface area contributed by atoms with Gasteiger partial charge in [0, 0.05) is 39.3 Å². The number of halogens is 1. The van der Waals surface area contributed by atoms with Gasteiger partial charge in [-0.1, -0.05) is 30.2 Å². The summed E-state index contributed by atoms with van der Waals surface area (Å²) in [6.45, 7) is 3.34. The largest absolute Gasteiger partial charge is 0.495 e. The predicted octanol–water partition coefficient (Wildman–Crippen LogP) is 3.49. The number of benzene rings is 2. The van der Waals surface area contributed by atoms with E-state index < -0.39 is 10.0 Å². The molecule has 2 saturated heterocycles. The van der Waals surface area contributed by atoms with Gasteiger partial charge in [-0.2, -0.15) is 4.31 Å². The summed E-state index contributed by atoms with van der Waals surface area (Å²) in [6, 6.07) is 12.2. The summed E-state index contributed by atoms with van der Waals surface area (Å²) in [6.07, 6.45) is 2.75. The monoisotopic (exact) mass is 477 g/mol. The molecule has 0 aromatic heterocycles. The van der Waals surface area contributed by atoms with Crippen LogP contribution in [0.3, 0.4) is 0 Å². The molecular formula is C23H28ClN3O4S. The highest BCUT2D eigenvalue weighted by atomic mass is 35.5.